The number of sulfonamides is 1. The Morgan fingerprint density at radius 1 is 1.03 bits per heavy atom. The Hall–Kier alpha value is -2.11. The van der Waals surface area contributed by atoms with E-state index in [9.17, 15) is 17.6 Å². The minimum absolute atomic E-state index is 0. The molecule has 0 aliphatic rings. The van der Waals surface area contributed by atoms with Gasteiger partial charge in [-0.15, -0.1) is 12.4 Å². The second-order valence-corrected chi connectivity index (χ2v) is 11.2. The van der Waals surface area contributed by atoms with Gasteiger partial charge in [-0.05, 0) is 63.0 Å². The number of unbranched alkanes of at least 4 members (excludes halogenated alkanes) is 1. The SMILES string of the molecule is CCCCN(CC)S(=O)(=O)c1ccc(C(=O)N(CCN(C)C)c2nc3ccc(F)cc3s2)cc1.Cl. The van der Waals surface area contributed by atoms with Crippen LogP contribution in [0.3, 0.4) is 0 Å². The van der Waals surface area contributed by atoms with Crippen LogP contribution in [0.5, 0.6) is 0 Å². The Balaban J connectivity index is 0.00000432. The smallest absolute Gasteiger partial charge is 0.260 e. The van der Waals surface area contributed by atoms with Crippen LogP contribution in [0.4, 0.5) is 9.52 Å². The van der Waals surface area contributed by atoms with E-state index < -0.39 is 10.0 Å². The van der Waals surface area contributed by atoms with Gasteiger partial charge in [0.15, 0.2) is 5.13 Å². The quantitative estimate of drug-likeness (QED) is 0.345. The van der Waals surface area contributed by atoms with Crippen LogP contribution in [0.2, 0.25) is 0 Å². The standard InChI is InChI=1S/C24H31FN4O3S2.ClH/c1-5-7-14-28(6-2)34(31,32)20-11-8-18(9-12-20)23(30)29(16-15-27(3)4)24-26-21-13-10-19(25)17-22(21)33-24;/h8-13,17H,5-7,14-16H2,1-4H3;1H. The fourth-order valence-electron chi connectivity index (χ4n) is 3.44. The van der Waals surface area contributed by atoms with Crippen molar-refractivity contribution in [2.75, 3.05) is 45.2 Å². The number of thiazole rings is 1. The molecule has 35 heavy (non-hydrogen) atoms. The summed E-state index contributed by atoms with van der Waals surface area (Å²) in [6, 6.07) is 10.4. The van der Waals surface area contributed by atoms with Crippen molar-refractivity contribution in [1.82, 2.24) is 14.2 Å². The highest BCUT2D eigenvalue weighted by molar-refractivity contribution is 7.89. The topological polar surface area (TPSA) is 73.8 Å². The Bertz CT molecular complexity index is 1230. The van der Waals surface area contributed by atoms with Gasteiger partial charge < -0.3 is 4.90 Å². The number of nitrogens with zero attached hydrogens (tertiary/aromatic N) is 4. The normalized spacial score (nSPS) is 11.7. The number of carbonyl (C=O) groups excluding carboxylic acids is 1. The lowest BCUT2D eigenvalue weighted by molar-refractivity contribution is 0.0985. The van der Waals surface area contributed by atoms with E-state index in [0.717, 1.165) is 12.8 Å². The van der Waals surface area contributed by atoms with Crippen molar-refractivity contribution in [3.63, 3.8) is 0 Å². The summed E-state index contributed by atoms with van der Waals surface area (Å²) in [4.78, 5) is 21.7. The van der Waals surface area contributed by atoms with Gasteiger partial charge in [0.1, 0.15) is 5.82 Å². The molecule has 0 bridgehead atoms. The number of halogens is 2. The van der Waals surface area contributed by atoms with Crippen LogP contribution in [-0.4, -0.2) is 68.8 Å². The zero-order valence-electron chi connectivity index (χ0n) is 20.4. The van der Waals surface area contributed by atoms with Gasteiger partial charge in [0.25, 0.3) is 5.91 Å². The Kier molecular flexibility index (Phi) is 10.6. The number of anilines is 1. The summed E-state index contributed by atoms with van der Waals surface area (Å²) in [5.41, 5.74) is 0.983. The molecule has 0 atom stereocenters. The van der Waals surface area contributed by atoms with Crippen molar-refractivity contribution >= 4 is 55.0 Å². The molecule has 0 fully saturated rings. The number of fused-ring (bicyclic) bond motifs is 1. The monoisotopic (exact) mass is 542 g/mol. The molecule has 0 spiro atoms. The Morgan fingerprint density at radius 2 is 1.71 bits per heavy atom. The first-order valence-corrected chi connectivity index (χ1v) is 13.6. The number of likely N-dealkylation sites (N-methyl/N-ethyl adjacent to an activating group) is 1. The molecular formula is C24H32ClFN4O3S2. The lowest BCUT2D eigenvalue weighted by atomic mass is 10.2. The zero-order chi connectivity index (χ0) is 24.9. The molecule has 7 nitrogen and oxygen atoms in total. The fraction of sp³-hybridized carbons (Fsp3) is 0.417. The molecular weight excluding hydrogens is 511 g/mol. The van der Waals surface area contributed by atoms with Crippen molar-refractivity contribution in [3.05, 3.63) is 53.8 Å². The predicted molar refractivity (Wildman–Crippen MR) is 143 cm³/mol. The van der Waals surface area contributed by atoms with Crippen molar-refractivity contribution in [3.8, 4) is 0 Å². The van der Waals surface area contributed by atoms with Gasteiger partial charge in [0.2, 0.25) is 10.0 Å². The average Bonchev–Trinajstić information content (AvgIpc) is 3.22. The van der Waals surface area contributed by atoms with Crippen LogP contribution in [-0.2, 0) is 10.0 Å². The number of carbonyl (C=O) groups is 1. The van der Waals surface area contributed by atoms with Gasteiger partial charge in [0, 0.05) is 31.7 Å². The third kappa shape index (κ3) is 6.98. The molecule has 2 aromatic carbocycles. The van der Waals surface area contributed by atoms with E-state index in [1.54, 1.807) is 23.1 Å². The molecule has 3 rings (SSSR count). The first-order chi connectivity index (χ1) is 16.2. The molecule has 0 radical (unpaired) electrons. The van der Waals surface area contributed by atoms with Crippen molar-refractivity contribution in [1.29, 1.82) is 0 Å². The molecule has 3 aromatic rings. The summed E-state index contributed by atoms with van der Waals surface area (Å²) in [6.07, 6.45) is 1.69. The molecule has 0 aliphatic carbocycles. The number of hydrogen-bond acceptors (Lipinski definition) is 6. The van der Waals surface area contributed by atoms with E-state index in [1.807, 2.05) is 32.8 Å². The van der Waals surface area contributed by atoms with E-state index >= 15 is 0 Å². The summed E-state index contributed by atoms with van der Waals surface area (Å²) < 4.78 is 41.8. The molecule has 1 amide bonds. The van der Waals surface area contributed by atoms with Crippen LogP contribution in [0, 0.1) is 5.82 Å². The molecule has 0 N–H and O–H groups in total. The van der Waals surface area contributed by atoms with E-state index in [1.165, 1.54) is 39.9 Å². The maximum Gasteiger partial charge on any atom is 0.260 e. The summed E-state index contributed by atoms with van der Waals surface area (Å²) in [7, 11) is 0.196. The highest BCUT2D eigenvalue weighted by atomic mass is 35.5. The summed E-state index contributed by atoms with van der Waals surface area (Å²) >= 11 is 1.25. The summed E-state index contributed by atoms with van der Waals surface area (Å²) in [6.45, 7) is 5.68. The first-order valence-electron chi connectivity index (χ1n) is 11.3. The fourth-order valence-corrected chi connectivity index (χ4v) is 5.95. The van der Waals surface area contributed by atoms with E-state index in [4.69, 9.17) is 0 Å². The van der Waals surface area contributed by atoms with Gasteiger partial charge in [-0.25, -0.2) is 17.8 Å². The first kappa shape index (κ1) is 29.1. The maximum atomic E-state index is 13.6. The second-order valence-electron chi connectivity index (χ2n) is 8.24. The van der Waals surface area contributed by atoms with Gasteiger partial charge in [-0.2, -0.15) is 4.31 Å². The lowest BCUT2D eigenvalue weighted by Gasteiger charge is -2.23. The van der Waals surface area contributed by atoms with Crippen molar-refractivity contribution < 1.29 is 17.6 Å². The van der Waals surface area contributed by atoms with Crippen LogP contribution in [0.1, 0.15) is 37.0 Å². The van der Waals surface area contributed by atoms with Crippen LogP contribution >= 0.6 is 23.7 Å². The lowest BCUT2D eigenvalue weighted by Crippen LogP contribution is -2.36. The van der Waals surface area contributed by atoms with Gasteiger partial charge >= 0.3 is 0 Å². The molecule has 192 valence electrons. The molecule has 1 aromatic heterocycles. The van der Waals surface area contributed by atoms with E-state index in [2.05, 4.69) is 4.98 Å². The highest BCUT2D eigenvalue weighted by Gasteiger charge is 2.25. The number of amides is 1. The van der Waals surface area contributed by atoms with Crippen molar-refractivity contribution in [2.24, 2.45) is 0 Å². The van der Waals surface area contributed by atoms with Gasteiger partial charge in [-0.3, -0.25) is 9.69 Å². The van der Waals surface area contributed by atoms with Gasteiger partial charge in [0.05, 0.1) is 15.1 Å². The predicted octanol–water partition coefficient (Wildman–Crippen LogP) is 4.88. The van der Waals surface area contributed by atoms with Crippen LogP contribution in [0.25, 0.3) is 10.2 Å². The summed E-state index contributed by atoms with van der Waals surface area (Å²) in [5.74, 6) is -0.644. The third-order valence-corrected chi connectivity index (χ3v) is 8.47. The average molecular weight is 543 g/mol. The minimum atomic E-state index is -3.63. The third-order valence-electron chi connectivity index (χ3n) is 5.44. The van der Waals surface area contributed by atoms with Crippen LogP contribution in [0.15, 0.2) is 47.4 Å². The maximum absolute atomic E-state index is 13.6. The number of benzene rings is 2. The van der Waals surface area contributed by atoms with Crippen LogP contribution < -0.4 is 4.90 Å². The largest absolute Gasteiger partial charge is 0.308 e. The number of hydrogen-bond donors (Lipinski definition) is 0. The molecule has 11 heteroatoms. The van der Waals surface area contributed by atoms with E-state index in [-0.39, 0.29) is 29.0 Å². The Morgan fingerprint density at radius 3 is 2.31 bits per heavy atom. The van der Waals surface area contributed by atoms with Crippen molar-refractivity contribution in [2.45, 2.75) is 31.6 Å². The molecule has 0 unspecified atom stereocenters. The van der Waals surface area contributed by atoms with Gasteiger partial charge in [-0.1, -0.05) is 31.6 Å². The number of rotatable bonds is 11. The zero-order valence-corrected chi connectivity index (χ0v) is 22.8. The Labute approximate surface area is 217 Å². The molecule has 1 heterocycles. The molecule has 0 saturated carbocycles. The molecule has 0 aliphatic heterocycles. The minimum Gasteiger partial charge on any atom is -0.308 e. The van der Waals surface area contributed by atoms with E-state index in [0.29, 0.717) is 47.1 Å². The highest BCUT2D eigenvalue weighted by Crippen LogP contribution is 2.30. The number of aromatic nitrogens is 1. The second kappa shape index (κ2) is 12.7. The summed E-state index contributed by atoms with van der Waals surface area (Å²) in [5, 5.41) is 0.473. The molecule has 0 saturated heterocycles.